The molecule has 2 aromatic rings. The molecule has 0 fully saturated rings. The van der Waals surface area contributed by atoms with Gasteiger partial charge in [0.25, 0.3) is 0 Å². The summed E-state index contributed by atoms with van der Waals surface area (Å²) in [6.45, 7) is 2.09. The molecule has 0 radical (unpaired) electrons. The van der Waals surface area contributed by atoms with Crippen LogP contribution in [0.25, 0.3) is 0 Å². The molecular weight excluding hydrogens is 244 g/mol. The molecule has 0 saturated heterocycles. The van der Waals surface area contributed by atoms with Crippen molar-refractivity contribution in [1.82, 2.24) is 0 Å². The molecule has 0 heterocycles. The van der Waals surface area contributed by atoms with E-state index in [0.717, 1.165) is 6.42 Å². The Hall–Kier alpha value is -2.49. The standard InChI is InChI=1S/C8H10O.C7H6O3/c1-2-7-3-5-8(9)6-4-7;8-6-3-1-5(2-4-6)7(9)10/h3-6,9H,2H2,1H3;1-4,8H,(H,9,10). The maximum atomic E-state index is 10.2. The lowest BCUT2D eigenvalue weighted by Gasteiger charge is -1.93. The number of carbonyl (C=O) groups is 1. The Kier molecular flexibility index (Phi) is 5.41. The minimum absolute atomic E-state index is 0.0741. The van der Waals surface area contributed by atoms with E-state index in [1.807, 2.05) is 12.1 Å². The third kappa shape index (κ3) is 5.12. The summed E-state index contributed by atoms with van der Waals surface area (Å²) >= 11 is 0. The number of hydrogen-bond acceptors (Lipinski definition) is 3. The van der Waals surface area contributed by atoms with E-state index in [9.17, 15) is 4.79 Å². The van der Waals surface area contributed by atoms with E-state index in [2.05, 4.69) is 6.92 Å². The molecule has 0 saturated carbocycles. The zero-order chi connectivity index (χ0) is 14.3. The van der Waals surface area contributed by atoms with Gasteiger partial charge in [-0.05, 0) is 48.4 Å². The minimum Gasteiger partial charge on any atom is -0.508 e. The van der Waals surface area contributed by atoms with Gasteiger partial charge in [-0.25, -0.2) is 4.79 Å². The van der Waals surface area contributed by atoms with Crippen LogP contribution in [0.1, 0.15) is 22.8 Å². The highest BCUT2D eigenvalue weighted by molar-refractivity contribution is 5.87. The van der Waals surface area contributed by atoms with Crippen molar-refractivity contribution < 1.29 is 20.1 Å². The third-order valence-electron chi connectivity index (χ3n) is 2.46. The summed E-state index contributed by atoms with van der Waals surface area (Å²) in [5.41, 5.74) is 1.44. The van der Waals surface area contributed by atoms with Crippen LogP contribution in [0.2, 0.25) is 0 Å². The molecule has 0 aliphatic rings. The predicted octanol–water partition coefficient (Wildman–Crippen LogP) is 3.05. The Morgan fingerprint density at radius 3 is 1.68 bits per heavy atom. The fourth-order valence-electron chi connectivity index (χ4n) is 1.34. The van der Waals surface area contributed by atoms with Gasteiger partial charge >= 0.3 is 5.97 Å². The normalized spacial score (nSPS) is 9.32. The number of carboxylic acid groups (broad SMARTS) is 1. The molecule has 0 atom stereocenters. The molecule has 4 nitrogen and oxygen atoms in total. The van der Waals surface area contributed by atoms with Crippen LogP contribution >= 0.6 is 0 Å². The minimum atomic E-state index is -0.986. The average Bonchev–Trinajstić information content (AvgIpc) is 2.41. The summed E-state index contributed by atoms with van der Waals surface area (Å²) in [6, 6.07) is 12.6. The highest BCUT2D eigenvalue weighted by Crippen LogP contribution is 2.09. The number of phenolic OH excluding ortho intramolecular Hbond substituents is 2. The molecule has 0 spiro atoms. The summed E-state index contributed by atoms with van der Waals surface area (Å²) < 4.78 is 0. The SMILES string of the molecule is CCc1ccc(O)cc1.O=C(O)c1ccc(O)cc1. The molecule has 0 aliphatic heterocycles. The molecule has 0 aliphatic carbocycles. The van der Waals surface area contributed by atoms with Gasteiger partial charge in [-0.2, -0.15) is 0 Å². The van der Waals surface area contributed by atoms with Crippen molar-refractivity contribution in [2.75, 3.05) is 0 Å². The number of hydrogen-bond donors (Lipinski definition) is 3. The molecule has 0 aromatic heterocycles. The molecule has 0 unspecified atom stereocenters. The zero-order valence-electron chi connectivity index (χ0n) is 10.6. The van der Waals surface area contributed by atoms with Gasteiger partial charge < -0.3 is 15.3 Å². The van der Waals surface area contributed by atoms with Crippen LogP contribution in [-0.4, -0.2) is 21.3 Å². The number of aryl methyl sites for hydroxylation is 1. The molecule has 2 rings (SSSR count). The van der Waals surface area contributed by atoms with Crippen LogP contribution in [0.15, 0.2) is 48.5 Å². The molecular formula is C15H16O4. The first kappa shape index (κ1) is 14.6. The third-order valence-corrected chi connectivity index (χ3v) is 2.46. The van der Waals surface area contributed by atoms with Crippen LogP contribution in [0, 0.1) is 0 Å². The van der Waals surface area contributed by atoms with Gasteiger partial charge in [-0.3, -0.25) is 0 Å². The van der Waals surface area contributed by atoms with E-state index in [1.54, 1.807) is 12.1 Å². The van der Waals surface area contributed by atoms with E-state index in [0.29, 0.717) is 5.75 Å². The highest BCUT2D eigenvalue weighted by atomic mass is 16.4. The second-order valence-corrected chi connectivity index (χ2v) is 3.87. The zero-order valence-corrected chi connectivity index (χ0v) is 10.6. The topological polar surface area (TPSA) is 77.8 Å². The Morgan fingerprint density at radius 2 is 1.32 bits per heavy atom. The van der Waals surface area contributed by atoms with Gasteiger partial charge in [0.15, 0.2) is 0 Å². The number of rotatable bonds is 2. The Morgan fingerprint density at radius 1 is 0.895 bits per heavy atom. The summed E-state index contributed by atoms with van der Waals surface area (Å²) in [4.78, 5) is 10.2. The van der Waals surface area contributed by atoms with Crippen molar-refractivity contribution in [3.63, 3.8) is 0 Å². The van der Waals surface area contributed by atoms with Gasteiger partial charge in [0.1, 0.15) is 11.5 Å². The first-order valence-electron chi connectivity index (χ1n) is 5.83. The molecule has 3 N–H and O–H groups in total. The van der Waals surface area contributed by atoms with E-state index < -0.39 is 5.97 Å². The van der Waals surface area contributed by atoms with Crippen molar-refractivity contribution in [2.24, 2.45) is 0 Å². The van der Waals surface area contributed by atoms with E-state index in [-0.39, 0.29) is 11.3 Å². The van der Waals surface area contributed by atoms with Gasteiger partial charge in [-0.1, -0.05) is 19.1 Å². The van der Waals surface area contributed by atoms with Gasteiger partial charge in [-0.15, -0.1) is 0 Å². The maximum absolute atomic E-state index is 10.2. The largest absolute Gasteiger partial charge is 0.508 e. The smallest absolute Gasteiger partial charge is 0.335 e. The van der Waals surface area contributed by atoms with Crippen molar-refractivity contribution in [3.05, 3.63) is 59.7 Å². The molecule has 0 amide bonds. The molecule has 19 heavy (non-hydrogen) atoms. The second kappa shape index (κ2) is 7.06. The maximum Gasteiger partial charge on any atom is 0.335 e. The van der Waals surface area contributed by atoms with E-state index >= 15 is 0 Å². The second-order valence-electron chi connectivity index (χ2n) is 3.87. The van der Waals surface area contributed by atoms with Crippen molar-refractivity contribution in [3.8, 4) is 11.5 Å². The lowest BCUT2D eigenvalue weighted by atomic mass is 10.2. The molecule has 0 bridgehead atoms. The molecule has 100 valence electrons. The fraction of sp³-hybridized carbons (Fsp3) is 0.133. The Bertz CT molecular complexity index is 515. The van der Waals surface area contributed by atoms with Crippen molar-refractivity contribution >= 4 is 5.97 Å². The number of aromatic hydroxyl groups is 2. The summed E-state index contributed by atoms with van der Waals surface area (Å²) in [6.07, 6.45) is 1.03. The number of benzene rings is 2. The fourth-order valence-corrected chi connectivity index (χ4v) is 1.34. The van der Waals surface area contributed by atoms with Crippen LogP contribution < -0.4 is 0 Å². The summed E-state index contributed by atoms with van der Waals surface area (Å²) in [7, 11) is 0. The van der Waals surface area contributed by atoms with Crippen molar-refractivity contribution in [2.45, 2.75) is 13.3 Å². The molecule has 2 aromatic carbocycles. The van der Waals surface area contributed by atoms with Crippen molar-refractivity contribution in [1.29, 1.82) is 0 Å². The molecule has 4 heteroatoms. The van der Waals surface area contributed by atoms with Gasteiger partial charge in [0, 0.05) is 0 Å². The number of aromatic carboxylic acids is 1. The lowest BCUT2D eigenvalue weighted by Crippen LogP contribution is -1.93. The predicted molar refractivity (Wildman–Crippen MR) is 72.6 cm³/mol. The van der Waals surface area contributed by atoms with E-state index in [1.165, 1.54) is 29.8 Å². The first-order valence-corrected chi connectivity index (χ1v) is 5.83. The lowest BCUT2D eigenvalue weighted by molar-refractivity contribution is 0.0697. The van der Waals surface area contributed by atoms with Gasteiger partial charge in [0.05, 0.1) is 5.56 Å². The van der Waals surface area contributed by atoms with Gasteiger partial charge in [0.2, 0.25) is 0 Å². The Balaban J connectivity index is 0.000000191. The Labute approximate surface area is 111 Å². The average molecular weight is 260 g/mol. The van der Waals surface area contributed by atoms with Crippen LogP contribution in [0.3, 0.4) is 0 Å². The number of phenols is 2. The summed E-state index contributed by atoms with van der Waals surface area (Å²) in [5, 5.41) is 26.0. The van der Waals surface area contributed by atoms with E-state index in [4.69, 9.17) is 15.3 Å². The highest BCUT2D eigenvalue weighted by Gasteiger charge is 1.99. The van der Waals surface area contributed by atoms with Crippen LogP contribution in [0.5, 0.6) is 11.5 Å². The summed E-state index contributed by atoms with van der Waals surface area (Å²) in [5.74, 6) is -0.572. The monoisotopic (exact) mass is 260 g/mol. The van der Waals surface area contributed by atoms with Crippen LogP contribution in [0.4, 0.5) is 0 Å². The number of carboxylic acids is 1. The first-order chi connectivity index (χ1) is 9.02. The van der Waals surface area contributed by atoms with Crippen LogP contribution in [-0.2, 0) is 6.42 Å². The quantitative estimate of drug-likeness (QED) is 0.775.